The standard InChI is InChI=1S/C25H24N2O5/c1-16(18-13-14-19(29-2)22(15-18)30-3)26-27-25(28)24-23(17-9-5-4-6-10-17)31-20-11-7-8-12-21(20)32-24/h4-15,23-24H,1-3H3,(H,27,28)/b26-16-/t23-,24-/m1/s1. The minimum Gasteiger partial charge on any atom is -0.493 e. The van der Waals surface area contributed by atoms with Crippen molar-refractivity contribution in [3.63, 3.8) is 0 Å². The number of amides is 1. The van der Waals surface area contributed by atoms with Crippen molar-refractivity contribution in [2.24, 2.45) is 5.10 Å². The molecule has 1 N–H and O–H groups in total. The van der Waals surface area contributed by atoms with Crippen molar-refractivity contribution in [2.75, 3.05) is 14.2 Å². The summed E-state index contributed by atoms with van der Waals surface area (Å²) in [6.45, 7) is 1.80. The summed E-state index contributed by atoms with van der Waals surface area (Å²) in [5.74, 6) is 1.89. The highest BCUT2D eigenvalue weighted by molar-refractivity contribution is 6.00. The van der Waals surface area contributed by atoms with Crippen molar-refractivity contribution < 1.29 is 23.7 Å². The molecule has 2 atom stereocenters. The summed E-state index contributed by atoms with van der Waals surface area (Å²) < 4.78 is 22.8. The van der Waals surface area contributed by atoms with Crippen LogP contribution in [0.1, 0.15) is 24.2 Å². The van der Waals surface area contributed by atoms with Crippen molar-refractivity contribution in [1.29, 1.82) is 0 Å². The number of hydrogen-bond donors (Lipinski definition) is 1. The number of nitrogens with zero attached hydrogens (tertiary/aromatic N) is 1. The fourth-order valence-electron chi connectivity index (χ4n) is 3.45. The molecule has 7 nitrogen and oxygen atoms in total. The Morgan fingerprint density at radius 1 is 0.875 bits per heavy atom. The predicted molar refractivity (Wildman–Crippen MR) is 121 cm³/mol. The zero-order valence-corrected chi connectivity index (χ0v) is 18.1. The number of nitrogens with one attached hydrogen (secondary N) is 1. The van der Waals surface area contributed by atoms with Crippen LogP contribution in [0.15, 0.2) is 77.9 Å². The van der Waals surface area contributed by atoms with E-state index in [9.17, 15) is 4.79 Å². The van der Waals surface area contributed by atoms with Crippen molar-refractivity contribution in [2.45, 2.75) is 19.1 Å². The molecule has 0 aromatic heterocycles. The van der Waals surface area contributed by atoms with Crippen LogP contribution in [0, 0.1) is 0 Å². The smallest absolute Gasteiger partial charge is 0.285 e. The van der Waals surface area contributed by atoms with E-state index in [2.05, 4.69) is 10.5 Å². The van der Waals surface area contributed by atoms with Crippen LogP contribution in [0.4, 0.5) is 0 Å². The lowest BCUT2D eigenvalue weighted by atomic mass is 10.0. The summed E-state index contributed by atoms with van der Waals surface area (Å²) in [6.07, 6.45) is -1.52. The van der Waals surface area contributed by atoms with Gasteiger partial charge in [0.05, 0.1) is 19.9 Å². The first-order valence-corrected chi connectivity index (χ1v) is 10.1. The van der Waals surface area contributed by atoms with Gasteiger partial charge >= 0.3 is 0 Å². The van der Waals surface area contributed by atoms with Gasteiger partial charge in [0.25, 0.3) is 5.91 Å². The molecule has 0 saturated heterocycles. The second kappa shape index (κ2) is 9.43. The van der Waals surface area contributed by atoms with Gasteiger partial charge in [-0.25, -0.2) is 5.43 Å². The van der Waals surface area contributed by atoms with E-state index >= 15 is 0 Å². The Hall–Kier alpha value is -4.00. The Morgan fingerprint density at radius 3 is 2.22 bits per heavy atom. The first-order chi connectivity index (χ1) is 15.6. The van der Waals surface area contributed by atoms with E-state index in [-0.39, 0.29) is 0 Å². The van der Waals surface area contributed by atoms with Crippen LogP contribution in [0.25, 0.3) is 0 Å². The first-order valence-electron chi connectivity index (χ1n) is 10.1. The highest BCUT2D eigenvalue weighted by Crippen LogP contribution is 2.39. The van der Waals surface area contributed by atoms with Gasteiger partial charge in [-0.15, -0.1) is 0 Å². The highest BCUT2D eigenvalue weighted by atomic mass is 16.6. The summed E-state index contributed by atoms with van der Waals surface area (Å²) in [5.41, 5.74) is 4.85. The van der Waals surface area contributed by atoms with Gasteiger partial charge in [0.2, 0.25) is 6.10 Å². The van der Waals surface area contributed by atoms with Gasteiger partial charge in [-0.1, -0.05) is 42.5 Å². The number of rotatable bonds is 6. The number of fused-ring (bicyclic) bond motifs is 1. The molecule has 4 rings (SSSR count). The molecule has 1 aliphatic heterocycles. The van der Waals surface area contributed by atoms with E-state index in [4.69, 9.17) is 18.9 Å². The minimum atomic E-state index is -0.908. The second-order valence-corrected chi connectivity index (χ2v) is 7.18. The van der Waals surface area contributed by atoms with E-state index < -0.39 is 18.1 Å². The number of ether oxygens (including phenoxy) is 4. The van der Waals surface area contributed by atoms with Gasteiger partial charge in [-0.3, -0.25) is 4.79 Å². The van der Waals surface area contributed by atoms with Crippen LogP contribution in [-0.2, 0) is 4.79 Å². The first kappa shape index (κ1) is 21.2. The zero-order valence-electron chi connectivity index (χ0n) is 18.1. The predicted octanol–water partition coefficient (Wildman–Crippen LogP) is 4.13. The summed E-state index contributed by atoms with van der Waals surface area (Å²) in [6, 6.07) is 22.2. The van der Waals surface area contributed by atoms with Gasteiger partial charge in [-0.2, -0.15) is 5.10 Å². The molecular weight excluding hydrogens is 408 g/mol. The lowest BCUT2D eigenvalue weighted by Crippen LogP contribution is -2.44. The molecule has 0 bridgehead atoms. The maximum Gasteiger partial charge on any atom is 0.285 e. The number of methoxy groups -OCH3 is 2. The molecule has 1 heterocycles. The van der Waals surface area contributed by atoms with Crippen LogP contribution < -0.4 is 24.4 Å². The summed E-state index contributed by atoms with van der Waals surface area (Å²) in [4.78, 5) is 13.1. The van der Waals surface area contributed by atoms with E-state index in [1.165, 1.54) is 0 Å². The summed E-state index contributed by atoms with van der Waals surface area (Å²) in [7, 11) is 3.14. The van der Waals surface area contributed by atoms with Crippen molar-refractivity contribution in [3.05, 3.63) is 83.9 Å². The SMILES string of the molecule is COc1ccc(/C(C)=N\NC(=O)[C@@H]2Oc3ccccc3O[C@@H]2c2ccccc2)cc1OC. The molecule has 1 aliphatic rings. The van der Waals surface area contributed by atoms with Gasteiger partial charge in [0, 0.05) is 5.56 Å². The fourth-order valence-corrected chi connectivity index (χ4v) is 3.45. The Morgan fingerprint density at radius 2 is 1.53 bits per heavy atom. The van der Waals surface area contributed by atoms with Gasteiger partial charge < -0.3 is 18.9 Å². The normalized spacial score (nSPS) is 17.4. The van der Waals surface area contributed by atoms with E-state index in [1.54, 1.807) is 39.3 Å². The molecule has 32 heavy (non-hydrogen) atoms. The average molecular weight is 432 g/mol. The van der Waals surface area contributed by atoms with E-state index in [1.807, 2.05) is 54.6 Å². The van der Waals surface area contributed by atoms with Crippen LogP contribution >= 0.6 is 0 Å². The zero-order chi connectivity index (χ0) is 22.5. The average Bonchev–Trinajstić information content (AvgIpc) is 2.86. The summed E-state index contributed by atoms with van der Waals surface area (Å²) >= 11 is 0. The lowest BCUT2D eigenvalue weighted by molar-refractivity contribution is -0.134. The maximum atomic E-state index is 13.1. The quantitative estimate of drug-likeness (QED) is 0.468. The van der Waals surface area contributed by atoms with E-state index in [0.717, 1.165) is 11.1 Å². The van der Waals surface area contributed by atoms with Gasteiger partial charge in [0.1, 0.15) is 0 Å². The van der Waals surface area contributed by atoms with E-state index in [0.29, 0.717) is 28.7 Å². The molecule has 0 radical (unpaired) electrons. The molecule has 164 valence electrons. The molecule has 0 saturated carbocycles. The second-order valence-electron chi connectivity index (χ2n) is 7.18. The highest BCUT2D eigenvalue weighted by Gasteiger charge is 2.38. The molecule has 1 amide bonds. The Balaban J connectivity index is 1.57. The molecule has 3 aromatic carbocycles. The number of para-hydroxylation sites is 2. The number of benzene rings is 3. The van der Waals surface area contributed by atoms with Crippen molar-refractivity contribution >= 4 is 11.6 Å². The molecule has 0 fully saturated rings. The molecular formula is C25H24N2O5. The van der Waals surface area contributed by atoms with Crippen LogP contribution in [0.3, 0.4) is 0 Å². The maximum absolute atomic E-state index is 13.1. The number of carbonyl (C=O) groups is 1. The van der Waals surface area contributed by atoms with Crippen molar-refractivity contribution in [3.8, 4) is 23.0 Å². The molecule has 0 aliphatic carbocycles. The minimum absolute atomic E-state index is 0.409. The molecule has 0 unspecified atom stereocenters. The number of hydrogen-bond acceptors (Lipinski definition) is 6. The lowest BCUT2D eigenvalue weighted by Gasteiger charge is -2.33. The molecule has 7 heteroatoms. The third kappa shape index (κ3) is 4.37. The Kier molecular flexibility index (Phi) is 6.26. The van der Waals surface area contributed by atoms with Gasteiger partial charge in [-0.05, 0) is 42.8 Å². The largest absolute Gasteiger partial charge is 0.493 e. The molecule has 0 spiro atoms. The summed E-state index contributed by atoms with van der Waals surface area (Å²) in [5, 5.41) is 4.27. The Labute approximate surface area is 186 Å². The van der Waals surface area contributed by atoms with Crippen LogP contribution in [-0.4, -0.2) is 31.9 Å². The number of carbonyl (C=O) groups excluding carboxylic acids is 1. The van der Waals surface area contributed by atoms with Gasteiger partial charge in [0.15, 0.2) is 29.1 Å². The van der Waals surface area contributed by atoms with Crippen molar-refractivity contribution in [1.82, 2.24) is 5.43 Å². The monoisotopic (exact) mass is 432 g/mol. The third-order valence-corrected chi connectivity index (χ3v) is 5.15. The fraction of sp³-hybridized carbons (Fsp3) is 0.200. The third-order valence-electron chi connectivity index (χ3n) is 5.15. The Bertz CT molecular complexity index is 1130. The topological polar surface area (TPSA) is 78.4 Å². The van der Waals surface area contributed by atoms with Crippen LogP contribution in [0.5, 0.6) is 23.0 Å². The molecule has 3 aromatic rings. The number of hydrazone groups is 1. The van der Waals surface area contributed by atoms with Crippen LogP contribution in [0.2, 0.25) is 0 Å².